The summed E-state index contributed by atoms with van der Waals surface area (Å²) in [7, 11) is 6.53. The smallest absolute Gasteiger partial charge is 0.269 e. The zero-order valence-electron chi connectivity index (χ0n) is 37.5. The van der Waals surface area contributed by atoms with Crippen LogP contribution in [0.15, 0.2) is 194 Å². The minimum atomic E-state index is -0.411. The van der Waals surface area contributed by atoms with E-state index in [0.29, 0.717) is 0 Å². The van der Waals surface area contributed by atoms with Crippen molar-refractivity contribution in [3.63, 3.8) is 0 Å². The maximum absolute atomic E-state index is 11.9. The number of hydrogen-bond acceptors (Lipinski definition) is 10. The highest BCUT2D eigenvalue weighted by Crippen LogP contribution is 2.54. The van der Waals surface area contributed by atoms with Crippen LogP contribution in [0.1, 0.15) is 0 Å². The number of nitro benzene ring substituents is 2. The topological polar surface area (TPSA) is 130 Å². The minimum Gasteiger partial charge on any atom is -0.497 e. The van der Waals surface area contributed by atoms with E-state index >= 15 is 0 Å². The highest BCUT2D eigenvalue weighted by Gasteiger charge is 2.28. The summed E-state index contributed by atoms with van der Waals surface area (Å²) in [5.74, 6) is 2.90. The van der Waals surface area contributed by atoms with Crippen LogP contribution in [0.5, 0.6) is 23.0 Å². The first-order valence-corrected chi connectivity index (χ1v) is 21.5. The Kier molecular flexibility index (Phi) is 12.4. The van der Waals surface area contributed by atoms with E-state index in [1.165, 1.54) is 24.3 Å². The molecule has 0 amide bonds. The molecule has 12 heteroatoms. The average molecular weight is 901 g/mol. The predicted molar refractivity (Wildman–Crippen MR) is 268 cm³/mol. The van der Waals surface area contributed by atoms with E-state index in [9.17, 15) is 20.2 Å². The Morgan fingerprint density at radius 1 is 0.309 bits per heavy atom. The van der Waals surface area contributed by atoms with Crippen molar-refractivity contribution < 1.29 is 28.8 Å². The van der Waals surface area contributed by atoms with Crippen molar-refractivity contribution in [2.24, 2.45) is 0 Å². The van der Waals surface area contributed by atoms with E-state index in [-0.39, 0.29) is 11.4 Å². The average Bonchev–Trinajstić information content (AvgIpc) is 3.57. The van der Waals surface area contributed by atoms with Gasteiger partial charge in [-0.05, 0) is 190 Å². The maximum Gasteiger partial charge on any atom is 0.269 e. The lowest BCUT2D eigenvalue weighted by Gasteiger charge is -2.26. The van der Waals surface area contributed by atoms with Crippen molar-refractivity contribution in [1.82, 2.24) is 0 Å². The molecule has 7 aromatic rings. The van der Waals surface area contributed by atoms with E-state index < -0.39 is 9.85 Å². The Bertz CT molecular complexity index is 2990. The molecule has 0 saturated carbocycles. The van der Waals surface area contributed by atoms with Crippen LogP contribution in [0.3, 0.4) is 0 Å². The van der Waals surface area contributed by atoms with Gasteiger partial charge in [-0.15, -0.1) is 0 Å². The molecule has 0 spiro atoms. The highest BCUT2D eigenvalue weighted by molar-refractivity contribution is 6.11. The van der Waals surface area contributed by atoms with Crippen LogP contribution in [0, 0.1) is 20.2 Å². The number of ether oxygens (including phenoxy) is 4. The van der Waals surface area contributed by atoms with Crippen molar-refractivity contribution >= 4 is 45.5 Å². The number of non-ortho nitro benzene ring substituents is 2. The van der Waals surface area contributed by atoms with Crippen LogP contribution in [-0.4, -0.2) is 38.3 Å². The molecular weight excluding hydrogens is 857 g/mol. The van der Waals surface area contributed by atoms with Gasteiger partial charge in [-0.25, -0.2) is 0 Å². The molecule has 0 atom stereocenters. The SMILES string of the molecule is COc1ccc(N(c2ccc(OC)cc2)c2ccc(-c3c(-c4ccc([N+](=O)[O-])cc4)c4ccc(N(c5ccc(OC)cc5)c5ccc(OC)cc5)ccc-4c3-c3ccc([N+](=O)[O-])cc3)cc2)cc1. The van der Waals surface area contributed by atoms with Crippen LogP contribution in [-0.2, 0) is 0 Å². The summed E-state index contributed by atoms with van der Waals surface area (Å²) in [4.78, 5) is 27.3. The second kappa shape index (κ2) is 19.1. The zero-order chi connectivity index (χ0) is 47.3. The number of hydrogen-bond donors (Lipinski definition) is 0. The Balaban J connectivity index is 1.28. The van der Waals surface area contributed by atoms with Crippen LogP contribution >= 0.6 is 0 Å². The number of nitrogens with zero attached hydrogens (tertiary/aromatic N) is 4. The van der Waals surface area contributed by atoms with Crippen LogP contribution in [0.4, 0.5) is 45.5 Å². The number of fused-ring (bicyclic) bond motifs is 1. The lowest BCUT2D eigenvalue weighted by Crippen LogP contribution is -2.09. The second-order valence-electron chi connectivity index (χ2n) is 15.7. The molecule has 336 valence electrons. The summed E-state index contributed by atoms with van der Waals surface area (Å²) < 4.78 is 22.0. The van der Waals surface area contributed by atoms with Gasteiger partial charge < -0.3 is 28.7 Å². The van der Waals surface area contributed by atoms with Gasteiger partial charge in [0.25, 0.3) is 11.4 Å². The predicted octanol–water partition coefficient (Wildman–Crippen LogP) is 14.6. The second-order valence-corrected chi connectivity index (χ2v) is 15.7. The molecule has 9 rings (SSSR count). The third-order valence-electron chi connectivity index (χ3n) is 11.9. The van der Waals surface area contributed by atoms with Crippen LogP contribution in [0.2, 0.25) is 0 Å². The van der Waals surface area contributed by atoms with Gasteiger partial charge in [0.1, 0.15) is 23.0 Å². The van der Waals surface area contributed by atoms with E-state index in [1.807, 2.05) is 97.1 Å². The molecule has 0 unspecified atom stereocenters. The molecule has 0 saturated heterocycles. The minimum absolute atomic E-state index is 0.0364. The lowest BCUT2D eigenvalue weighted by atomic mass is 9.92. The summed E-state index contributed by atoms with van der Waals surface area (Å²) in [6.07, 6.45) is 0. The Labute approximate surface area is 393 Å². The highest BCUT2D eigenvalue weighted by atomic mass is 16.6. The molecule has 0 bridgehead atoms. The van der Waals surface area contributed by atoms with Crippen molar-refractivity contribution in [1.29, 1.82) is 0 Å². The monoisotopic (exact) mass is 900 g/mol. The summed E-state index contributed by atoms with van der Waals surface area (Å²) in [6, 6.07) is 60.9. The van der Waals surface area contributed by atoms with E-state index in [2.05, 4.69) is 58.3 Å². The molecule has 7 aromatic carbocycles. The maximum atomic E-state index is 11.9. The molecule has 2 aliphatic rings. The summed E-state index contributed by atoms with van der Waals surface area (Å²) in [5.41, 5.74) is 11.8. The molecule has 0 N–H and O–H groups in total. The number of nitro groups is 2. The first-order chi connectivity index (χ1) is 33.2. The Hall–Kier alpha value is -9.16. The fourth-order valence-electron chi connectivity index (χ4n) is 8.54. The van der Waals surface area contributed by atoms with E-state index in [1.54, 1.807) is 52.7 Å². The van der Waals surface area contributed by atoms with Gasteiger partial charge in [0.15, 0.2) is 0 Å². The van der Waals surface area contributed by atoms with Crippen molar-refractivity contribution in [2.75, 3.05) is 38.2 Å². The van der Waals surface area contributed by atoms with Crippen molar-refractivity contribution in [3.8, 4) is 67.5 Å². The molecule has 12 nitrogen and oxygen atoms in total. The largest absolute Gasteiger partial charge is 0.497 e. The fraction of sp³-hybridized carbons (Fsp3) is 0.0714. The van der Waals surface area contributed by atoms with Gasteiger partial charge in [-0.3, -0.25) is 20.2 Å². The number of rotatable bonds is 15. The summed E-state index contributed by atoms with van der Waals surface area (Å²) in [6.45, 7) is 0. The molecule has 0 radical (unpaired) electrons. The number of methoxy groups -OCH3 is 4. The Morgan fingerprint density at radius 2 is 0.529 bits per heavy atom. The molecule has 0 aliphatic heterocycles. The van der Waals surface area contributed by atoms with Gasteiger partial charge >= 0.3 is 0 Å². The quantitative estimate of drug-likeness (QED) is 0.0724. The van der Waals surface area contributed by atoms with E-state index in [0.717, 1.165) is 102 Å². The first-order valence-electron chi connectivity index (χ1n) is 21.5. The molecule has 0 heterocycles. The Morgan fingerprint density at radius 3 is 0.779 bits per heavy atom. The van der Waals surface area contributed by atoms with Crippen LogP contribution in [0.25, 0.3) is 44.5 Å². The molecular formula is C56H44N4O8. The number of benzene rings is 7. The summed E-state index contributed by atoms with van der Waals surface area (Å²) >= 11 is 0. The molecule has 0 fully saturated rings. The van der Waals surface area contributed by atoms with Gasteiger partial charge in [-0.2, -0.15) is 0 Å². The fourth-order valence-corrected chi connectivity index (χ4v) is 8.54. The molecule has 2 aliphatic carbocycles. The van der Waals surface area contributed by atoms with Gasteiger partial charge in [0.2, 0.25) is 0 Å². The van der Waals surface area contributed by atoms with Gasteiger partial charge in [-0.1, -0.05) is 24.3 Å². The third-order valence-corrected chi connectivity index (χ3v) is 11.9. The van der Waals surface area contributed by atoms with Gasteiger partial charge in [0, 0.05) is 58.4 Å². The zero-order valence-corrected chi connectivity index (χ0v) is 37.5. The van der Waals surface area contributed by atoms with Crippen LogP contribution < -0.4 is 28.7 Å². The normalized spacial score (nSPS) is 10.9. The number of anilines is 6. The first kappa shape index (κ1) is 44.1. The molecule has 68 heavy (non-hydrogen) atoms. The standard InChI is InChI=1S/C56H44N4O8/c1-65-48-27-17-41(18-28-48)57(42-19-29-49(66-2)30-20-42)40-11-5-39(6-12-40)56-54(37-7-13-46(14-8-37)59(61)62)52-35-25-45(26-36-53(52)55(56)38-9-15-47(16-10-38)60(63)64)58(43-21-31-50(67-3)32-22-43)44-23-33-51(68-4)34-24-44/h5-36H,1-4H3. The van der Waals surface area contributed by atoms with E-state index in [4.69, 9.17) is 18.9 Å². The molecule has 0 aromatic heterocycles. The van der Waals surface area contributed by atoms with Crippen molar-refractivity contribution in [2.45, 2.75) is 0 Å². The third kappa shape index (κ3) is 8.69. The van der Waals surface area contributed by atoms with Crippen molar-refractivity contribution in [3.05, 3.63) is 214 Å². The van der Waals surface area contributed by atoms with Gasteiger partial charge in [0.05, 0.1) is 38.3 Å². The summed E-state index contributed by atoms with van der Waals surface area (Å²) in [5, 5.41) is 23.9. The lowest BCUT2D eigenvalue weighted by molar-refractivity contribution is -0.385.